The zero-order valence-electron chi connectivity index (χ0n) is 8.17. The highest BCUT2D eigenvalue weighted by atomic mass is 15.1. The van der Waals surface area contributed by atoms with Crippen molar-refractivity contribution in [3.05, 3.63) is 29.8 Å². The molecule has 1 heteroatoms. The summed E-state index contributed by atoms with van der Waals surface area (Å²) < 4.78 is 0. The summed E-state index contributed by atoms with van der Waals surface area (Å²) in [5.41, 5.74) is 2.65. The van der Waals surface area contributed by atoms with E-state index in [-0.39, 0.29) is 0 Å². The van der Waals surface area contributed by atoms with Crippen molar-refractivity contribution in [2.45, 2.75) is 20.3 Å². The molecule has 0 aromatic heterocycles. The van der Waals surface area contributed by atoms with Crippen LogP contribution in [0.25, 0.3) is 0 Å². The molecule has 1 aromatic carbocycles. The predicted molar refractivity (Wildman–Crippen MR) is 54.7 cm³/mol. The highest BCUT2D eigenvalue weighted by Gasteiger charge is 1.97. The molecule has 0 atom stereocenters. The van der Waals surface area contributed by atoms with Crippen LogP contribution in [0.5, 0.6) is 0 Å². The van der Waals surface area contributed by atoms with E-state index in [2.05, 4.69) is 50.1 Å². The zero-order chi connectivity index (χ0) is 8.97. The lowest BCUT2D eigenvalue weighted by Crippen LogP contribution is -2.17. The lowest BCUT2D eigenvalue weighted by Gasteiger charge is -2.18. The molecule has 0 saturated carbocycles. The first kappa shape index (κ1) is 9.11. The first-order valence-electron chi connectivity index (χ1n) is 4.52. The fourth-order valence-electron chi connectivity index (χ4n) is 1.33. The molecule has 66 valence electrons. The molecule has 0 aliphatic heterocycles. The third kappa shape index (κ3) is 2.26. The van der Waals surface area contributed by atoms with Crippen molar-refractivity contribution in [2.24, 2.45) is 0 Å². The van der Waals surface area contributed by atoms with Crippen LogP contribution in [0.2, 0.25) is 0 Å². The van der Waals surface area contributed by atoms with Crippen molar-refractivity contribution in [3.63, 3.8) is 0 Å². The normalized spacial score (nSPS) is 9.92. The number of rotatable bonds is 3. The summed E-state index contributed by atoms with van der Waals surface area (Å²) in [6.07, 6.45) is 1.20. The molecule has 0 heterocycles. The average Bonchev–Trinajstić information content (AvgIpc) is 2.05. The Bertz CT molecular complexity index is 243. The molecule has 0 aliphatic rings. The van der Waals surface area contributed by atoms with Crippen LogP contribution in [0.3, 0.4) is 0 Å². The van der Waals surface area contributed by atoms with E-state index in [0.29, 0.717) is 0 Å². The Balaban J connectivity index is 2.73. The van der Waals surface area contributed by atoms with Gasteiger partial charge in [0, 0.05) is 19.3 Å². The minimum Gasteiger partial charge on any atom is -0.375 e. The molecule has 0 amide bonds. The van der Waals surface area contributed by atoms with Gasteiger partial charge in [-0.25, -0.2) is 0 Å². The summed E-state index contributed by atoms with van der Waals surface area (Å²) in [6, 6.07) is 8.61. The van der Waals surface area contributed by atoms with E-state index in [0.717, 1.165) is 6.54 Å². The third-order valence-electron chi connectivity index (χ3n) is 2.00. The Morgan fingerprint density at radius 1 is 1.33 bits per heavy atom. The van der Waals surface area contributed by atoms with Crippen molar-refractivity contribution in [1.82, 2.24) is 0 Å². The van der Waals surface area contributed by atoms with Crippen LogP contribution in [0.15, 0.2) is 24.3 Å². The summed E-state index contributed by atoms with van der Waals surface area (Å²) in [6.45, 7) is 5.46. The number of benzene rings is 1. The second-order valence-electron chi connectivity index (χ2n) is 3.26. The number of aryl methyl sites for hydroxylation is 1. The maximum Gasteiger partial charge on any atom is 0.0366 e. The summed E-state index contributed by atoms with van der Waals surface area (Å²) in [5, 5.41) is 0. The Kier molecular flexibility index (Phi) is 3.15. The molecule has 1 nitrogen and oxygen atoms in total. The fourth-order valence-corrected chi connectivity index (χ4v) is 1.33. The van der Waals surface area contributed by atoms with Crippen LogP contribution >= 0.6 is 0 Å². The minimum atomic E-state index is 1.13. The van der Waals surface area contributed by atoms with E-state index in [1.54, 1.807) is 0 Å². The van der Waals surface area contributed by atoms with Crippen molar-refractivity contribution in [1.29, 1.82) is 0 Å². The molecule has 0 fully saturated rings. The van der Waals surface area contributed by atoms with Gasteiger partial charge in [0.1, 0.15) is 0 Å². The van der Waals surface area contributed by atoms with Gasteiger partial charge < -0.3 is 4.90 Å². The van der Waals surface area contributed by atoms with Crippen molar-refractivity contribution < 1.29 is 0 Å². The molecule has 12 heavy (non-hydrogen) atoms. The molecule has 0 aliphatic carbocycles. The molecule has 0 N–H and O–H groups in total. The summed E-state index contributed by atoms with van der Waals surface area (Å²) >= 11 is 0. The van der Waals surface area contributed by atoms with Gasteiger partial charge in [-0.15, -0.1) is 0 Å². The monoisotopic (exact) mass is 163 g/mol. The van der Waals surface area contributed by atoms with Gasteiger partial charge in [-0.05, 0) is 31.0 Å². The fraction of sp³-hybridized carbons (Fsp3) is 0.455. The van der Waals surface area contributed by atoms with Gasteiger partial charge in [0.25, 0.3) is 0 Å². The standard InChI is InChI=1S/C11H17N/c1-4-8-12(3)11-7-5-6-10(2)9-11/h5-7,9H,4,8H2,1-3H3. The zero-order valence-corrected chi connectivity index (χ0v) is 8.17. The van der Waals surface area contributed by atoms with Crippen molar-refractivity contribution >= 4 is 5.69 Å². The smallest absolute Gasteiger partial charge is 0.0366 e. The van der Waals surface area contributed by atoms with Crippen LogP contribution < -0.4 is 4.90 Å². The highest BCUT2D eigenvalue weighted by Crippen LogP contribution is 2.13. The number of anilines is 1. The van der Waals surface area contributed by atoms with Gasteiger partial charge in [0.15, 0.2) is 0 Å². The SMILES string of the molecule is CCCN(C)c1cccc(C)c1. The van der Waals surface area contributed by atoms with E-state index in [9.17, 15) is 0 Å². The number of hydrogen-bond donors (Lipinski definition) is 0. The number of hydrogen-bond acceptors (Lipinski definition) is 1. The topological polar surface area (TPSA) is 3.24 Å². The van der Waals surface area contributed by atoms with E-state index in [1.807, 2.05) is 0 Å². The largest absolute Gasteiger partial charge is 0.375 e. The summed E-state index contributed by atoms with van der Waals surface area (Å²) in [4.78, 5) is 2.28. The van der Waals surface area contributed by atoms with Gasteiger partial charge >= 0.3 is 0 Å². The molecular formula is C11H17N. The molecule has 0 saturated heterocycles. The third-order valence-corrected chi connectivity index (χ3v) is 2.00. The Morgan fingerprint density at radius 2 is 2.08 bits per heavy atom. The first-order chi connectivity index (χ1) is 5.74. The molecule has 1 rings (SSSR count). The summed E-state index contributed by atoms with van der Waals surface area (Å²) in [7, 11) is 2.14. The molecule has 0 radical (unpaired) electrons. The molecule has 0 unspecified atom stereocenters. The van der Waals surface area contributed by atoms with E-state index in [1.165, 1.54) is 17.7 Å². The van der Waals surface area contributed by atoms with Crippen molar-refractivity contribution in [3.8, 4) is 0 Å². The molecule has 1 aromatic rings. The lowest BCUT2D eigenvalue weighted by molar-refractivity contribution is 0.852. The second-order valence-corrected chi connectivity index (χ2v) is 3.26. The van der Waals surface area contributed by atoms with Crippen LogP contribution in [0, 0.1) is 6.92 Å². The molecular weight excluding hydrogens is 146 g/mol. The van der Waals surface area contributed by atoms with Crippen LogP contribution in [-0.4, -0.2) is 13.6 Å². The van der Waals surface area contributed by atoms with E-state index >= 15 is 0 Å². The van der Waals surface area contributed by atoms with Crippen LogP contribution in [0.4, 0.5) is 5.69 Å². The maximum atomic E-state index is 2.28. The van der Waals surface area contributed by atoms with Gasteiger partial charge in [-0.1, -0.05) is 19.1 Å². The van der Waals surface area contributed by atoms with Gasteiger partial charge in [-0.3, -0.25) is 0 Å². The number of nitrogens with zero attached hydrogens (tertiary/aromatic N) is 1. The predicted octanol–water partition coefficient (Wildman–Crippen LogP) is 2.84. The highest BCUT2D eigenvalue weighted by molar-refractivity contribution is 5.47. The van der Waals surface area contributed by atoms with Gasteiger partial charge in [-0.2, -0.15) is 0 Å². The van der Waals surface area contributed by atoms with Crippen molar-refractivity contribution in [2.75, 3.05) is 18.5 Å². The Hall–Kier alpha value is -0.980. The molecule has 0 bridgehead atoms. The average molecular weight is 163 g/mol. The molecule has 0 spiro atoms. The first-order valence-corrected chi connectivity index (χ1v) is 4.52. The van der Waals surface area contributed by atoms with Gasteiger partial charge in [0.05, 0.1) is 0 Å². The second kappa shape index (κ2) is 4.15. The summed E-state index contributed by atoms with van der Waals surface area (Å²) in [5.74, 6) is 0. The van der Waals surface area contributed by atoms with Crippen LogP contribution in [-0.2, 0) is 0 Å². The Morgan fingerprint density at radius 3 is 2.67 bits per heavy atom. The lowest BCUT2D eigenvalue weighted by atomic mass is 10.2. The van der Waals surface area contributed by atoms with Gasteiger partial charge in [0.2, 0.25) is 0 Å². The van der Waals surface area contributed by atoms with E-state index < -0.39 is 0 Å². The minimum absolute atomic E-state index is 1.13. The maximum absolute atomic E-state index is 2.28. The van der Waals surface area contributed by atoms with E-state index in [4.69, 9.17) is 0 Å². The van der Waals surface area contributed by atoms with Crippen LogP contribution in [0.1, 0.15) is 18.9 Å². The Labute approximate surface area is 75.0 Å². The quantitative estimate of drug-likeness (QED) is 0.662.